The third-order valence-corrected chi connectivity index (χ3v) is 6.49. The zero-order chi connectivity index (χ0) is 23.5. The van der Waals surface area contributed by atoms with Gasteiger partial charge in [0.25, 0.3) is 10.0 Å². The number of anilines is 1. The lowest BCUT2D eigenvalue weighted by atomic mass is 10.1. The maximum Gasteiger partial charge on any atom is 0.354 e. The Morgan fingerprint density at radius 3 is 2.47 bits per heavy atom. The number of hydrogen-bond donors (Lipinski definition) is 2. The van der Waals surface area contributed by atoms with E-state index in [0.717, 1.165) is 5.56 Å². The molecule has 0 amide bonds. The highest BCUT2D eigenvalue weighted by molar-refractivity contribution is 7.92. The van der Waals surface area contributed by atoms with Crippen LogP contribution in [0.4, 0.5) is 5.69 Å². The van der Waals surface area contributed by atoms with Gasteiger partial charge in [0.1, 0.15) is 11.4 Å². The average molecular weight is 471 g/mol. The third kappa shape index (κ3) is 5.02. The van der Waals surface area contributed by atoms with Crippen molar-refractivity contribution >= 4 is 33.3 Å². The van der Waals surface area contributed by atoms with E-state index in [1.54, 1.807) is 26.0 Å². The van der Waals surface area contributed by atoms with E-state index < -0.39 is 16.0 Å². The number of carbonyl (C=O) groups is 1. The van der Waals surface area contributed by atoms with Gasteiger partial charge in [-0.15, -0.1) is 0 Å². The predicted molar refractivity (Wildman–Crippen MR) is 122 cm³/mol. The van der Waals surface area contributed by atoms with E-state index in [-0.39, 0.29) is 16.3 Å². The van der Waals surface area contributed by atoms with Crippen LogP contribution in [0.2, 0.25) is 5.02 Å². The number of nitrogens with one attached hydrogen (secondary N) is 1. The Morgan fingerprint density at radius 1 is 1.09 bits per heavy atom. The number of hydrogen-bond acceptors (Lipinski definition) is 5. The molecule has 0 aliphatic carbocycles. The van der Waals surface area contributed by atoms with Gasteiger partial charge in [-0.25, -0.2) is 18.2 Å². The van der Waals surface area contributed by atoms with Crippen LogP contribution in [0.1, 0.15) is 32.7 Å². The van der Waals surface area contributed by atoms with Gasteiger partial charge in [-0.05, 0) is 67.4 Å². The van der Waals surface area contributed by atoms with Crippen LogP contribution in [0.5, 0.6) is 5.75 Å². The summed E-state index contributed by atoms with van der Waals surface area (Å²) in [6.07, 6.45) is 1.33. The van der Waals surface area contributed by atoms with Gasteiger partial charge in [0.2, 0.25) is 0 Å². The van der Waals surface area contributed by atoms with Crippen LogP contribution in [0.3, 0.4) is 0 Å². The molecule has 7 nitrogen and oxygen atoms in total. The normalized spacial score (nSPS) is 10.8. The summed E-state index contributed by atoms with van der Waals surface area (Å²) < 4.78 is 34.0. The first kappa shape index (κ1) is 23.1. The number of sulfonamides is 1. The summed E-state index contributed by atoms with van der Waals surface area (Å²) in [4.78, 5) is 14.9. The molecule has 3 rings (SSSR count). The van der Waals surface area contributed by atoms with E-state index in [9.17, 15) is 13.2 Å². The second kappa shape index (κ2) is 9.30. The van der Waals surface area contributed by atoms with Crippen molar-refractivity contribution in [3.05, 3.63) is 81.6 Å². The molecular weight excluding hydrogens is 452 g/mol. The van der Waals surface area contributed by atoms with Crippen molar-refractivity contribution in [1.82, 2.24) is 4.98 Å². The van der Waals surface area contributed by atoms with E-state index in [1.165, 1.54) is 43.6 Å². The lowest BCUT2D eigenvalue weighted by Crippen LogP contribution is -2.15. The molecule has 0 aliphatic heterocycles. The van der Waals surface area contributed by atoms with Gasteiger partial charge in [-0.3, -0.25) is 4.72 Å². The van der Waals surface area contributed by atoms with E-state index in [1.807, 2.05) is 0 Å². The summed E-state index contributed by atoms with van der Waals surface area (Å²) in [6, 6.07) is 10.6. The fourth-order valence-corrected chi connectivity index (χ4v) is 4.48. The Kier molecular flexibility index (Phi) is 6.72. The molecule has 32 heavy (non-hydrogen) atoms. The molecule has 164 valence electrons. The molecule has 1 aromatic heterocycles. The van der Waals surface area contributed by atoms with Gasteiger partial charge in [0.05, 0.1) is 23.3 Å². The fourth-order valence-electron chi connectivity index (χ4n) is 2.93. The van der Waals surface area contributed by atoms with Crippen LogP contribution in [0, 0.1) is 25.7 Å². The van der Waals surface area contributed by atoms with Crippen LogP contribution >= 0.6 is 11.6 Å². The first-order chi connectivity index (χ1) is 15.1. The van der Waals surface area contributed by atoms with Crippen LogP contribution < -0.4 is 9.46 Å². The number of carboxylic acids is 1. The van der Waals surface area contributed by atoms with Gasteiger partial charge in [-0.2, -0.15) is 0 Å². The molecule has 0 unspecified atom stereocenters. The van der Waals surface area contributed by atoms with Gasteiger partial charge >= 0.3 is 5.97 Å². The number of pyridine rings is 1. The van der Waals surface area contributed by atoms with Gasteiger partial charge in [0, 0.05) is 16.8 Å². The number of benzene rings is 2. The van der Waals surface area contributed by atoms with Crippen LogP contribution in [-0.2, 0) is 10.0 Å². The SMILES string of the molecule is COc1ccc(S(=O)(=O)Nc2ccc(Cl)cc2C#Cc2ccc(C(=O)O)nc2)c(C)c1C. The van der Waals surface area contributed by atoms with Crippen molar-refractivity contribution in [2.24, 2.45) is 0 Å². The van der Waals surface area contributed by atoms with Gasteiger partial charge in [-0.1, -0.05) is 23.4 Å². The van der Waals surface area contributed by atoms with Gasteiger partial charge in [0.15, 0.2) is 0 Å². The zero-order valence-corrected chi connectivity index (χ0v) is 19.0. The van der Waals surface area contributed by atoms with E-state index in [2.05, 4.69) is 21.5 Å². The van der Waals surface area contributed by atoms with E-state index in [0.29, 0.717) is 27.5 Å². The molecular formula is C23H19ClN2O5S. The fraction of sp³-hybridized carbons (Fsp3) is 0.130. The zero-order valence-electron chi connectivity index (χ0n) is 17.4. The Balaban J connectivity index is 1.97. The van der Waals surface area contributed by atoms with Gasteiger partial charge < -0.3 is 9.84 Å². The summed E-state index contributed by atoms with van der Waals surface area (Å²) in [5.74, 6) is 5.17. The summed E-state index contributed by atoms with van der Waals surface area (Å²) >= 11 is 6.09. The molecule has 0 aliphatic rings. The minimum atomic E-state index is -3.92. The lowest BCUT2D eigenvalue weighted by molar-refractivity contribution is 0.0690. The summed E-state index contributed by atoms with van der Waals surface area (Å²) in [5, 5.41) is 9.32. The monoisotopic (exact) mass is 470 g/mol. The average Bonchev–Trinajstić information content (AvgIpc) is 2.75. The number of aromatic nitrogens is 1. The van der Waals surface area contributed by atoms with Crippen molar-refractivity contribution in [1.29, 1.82) is 0 Å². The predicted octanol–water partition coefficient (Wildman–Crippen LogP) is 4.26. The van der Waals surface area contributed by atoms with E-state index >= 15 is 0 Å². The first-order valence-corrected chi connectivity index (χ1v) is 11.2. The van der Waals surface area contributed by atoms with Crippen molar-refractivity contribution in [2.75, 3.05) is 11.8 Å². The molecule has 0 radical (unpaired) electrons. The highest BCUT2D eigenvalue weighted by atomic mass is 35.5. The summed E-state index contributed by atoms with van der Waals surface area (Å²) in [6.45, 7) is 3.50. The van der Waals surface area contributed by atoms with Crippen molar-refractivity contribution in [3.63, 3.8) is 0 Å². The second-order valence-electron chi connectivity index (χ2n) is 6.80. The highest BCUT2D eigenvalue weighted by Gasteiger charge is 2.20. The molecule has 0 saturated heterocycles. The number of methoxy groups -OCH3 is 1. The van der Waals surface area contributed by atoms with Crippen molar-refractivity contribution in [2.45, 2.75) is 18.7 Å². The highest BCUT2D eigenvalue weighted by Crippen LogP contribution is 2.29. The largest absolute Gasteiger partial charge is 0.496 e. The standard InChI is InChI=1S/C23H19ClN2O5S/c1-14-15(2)22(11-10-21(14)31-3)32(29,30)26-19-9-7-18(24)12-17(19)6-4-16-5-8-20(23(27)28)25-13-16/h5,7-13,26H,1-3H3,(H,27,28). The number of rotatable bonds is 5. The topological polar surface area (TPSA) is 106 Å². The minimum absolute atomic E-state index is 0.100. The number of nitrogens with zero attached hydrogens (tertiary/aromatic N) is 1. The van der Waals surface area contributed by atoms with Crippen LogP contribution in [-0.4, -0.2) is 31.6 Å². The van der Waals surface area contributed by atoms with Crippen LogP contribution in [0.25, 0.3) is 0 Å². The molecule has 1 heterocycles. The summed E-state index contributed by atoms with van der Waals surface area (Å²) in [5.41, 5.74) is 2.27. The molecule has 0 spiro atoms. The van der Waals surface area contributed by atoms with Crippen molar-refractivity contribution < 1.29 is 23.1 Å². The Labute approximate surface area is 191 Å². The summed E-state index contributed by atoms with van der Waals surface area (Å²) in [7, 11) is -2.39. The number of carboxylic acid groups (broad SMARTS) is 1. The molecule has 0 atom stereocenters. The van der Waals surface area contributed by atoms with Crippen molar-refractivity contribution in [3.8, 4) is 17.6 Å². The number of halogens is 1. The lowest BCUT2D eigenvalue weighted by Gasteiger charge is -2.15. The number of ether oxygens (including phenoxy) is 1. The number of aromatic carboxylic acids is 1. The second-order valence-corrected chi connectivity index (χ2v) is 8.89. The molecule has 3 aromatic rings. The maximum atomic E-state index is 13.1. The molecule has 9 heteroatoms. The molecule has 0 bridgehead atoms. The molecule has 0 saturated carbocycles. The Morgan fingerprint density at radius 2 is 1.84 bits per heavy atom. The third-order valence-electron chi connectivity index (χ3n) is 4.75. The molecule has 0 fully saturated rings. The van der Waals surface area contributed by atoms with Crippen LogP contribution in [0.15, 0.2) is 53.6 Å². The Bertz CT molecular complexity index is 1360. The quantitative estimate of drug-likeness (QED) is 0.540. The smallest absolute Gasteiger partial charge is 0.354 e. The first-order valence-electron chi connectivity index (χ1n) is 9.30. The Hall–Kier alpha value is -3.54. The molecule has 2 aromatic carbocycles. The molecule has 2 N–H and O–H groups in total. The van der Waals surface area contributed by atoms with E-state index in [4.69, 9.17) is 21.4 Å². The minimum Gasteiger partial charge on any atom is -0.496 e. The maximum absolute atomic E-state index is 13.1.